The summed E-state index contributed by atoms with van der Waals surface area (Å²) in [5, 5.41) is 3.60. The molecule has 2 fully saturated rings. The normalized spacial score (nSPS) is 30.0. The van der Waals surface area contributed by atoms with Crippen molar-refractivity contribution in [1.29, 1.82) is 0 Å². The van der Waals surface area contributed by atoms with Gasteiger partial charge in [0, 0.05) is 36.9 Å². The summed E-state index contributed by atoms with van der Waals surface area (Å²) in [7, 11) is 5.31. The molecule has 4 rings (SSSR count). The fourth-order valence-corrected chi connectivity index (χ4v) is 9.14. The van der Waals surface area contributed by atoms with Crippen molar-refractivity contribution in [2.24, 2.45) is 15.9 Å². The number of benzene rings is 1. The smallest absolute Gasteiger partial charge is 0.125 e. The third kappa shape index (κ3) is 5.58. The van der Waals surface area contributed by atoms with E-state index in [2.05, 4.69) is 89.2 Å². The van der Waals surface area contributed by atoms with Crippen LogP contribution in [0.4, 0.5) is 0 Å². The van der Waals surface area contributed by atoms with E-state index < -0.39 is 7.92 Å². The molecule has 0 spiro atoms. The zero-order chi connectivity index (χ0) is 24.2. The lowest BCUT2D eigenvalue weighted by Gasteiger charge is -2.40. The van der Waals surface area contributed by atoms with Crippen molar-refractivity contribution >= 4 is 47.8 Å². The fourth-order valence-electron chi connectivity index (χ4n) is 5.61. The molecule has 0 N–H and O–H groups in total. The maximum absolute atomic E-state index is 6.59. The Morgan fingerprint density at radius 1 is 1.15 bits per heavy atom. The standard InChI is InChI=1S/C27H35Cl2N4P/c1-19(22-12-8-14-32(22)3)24(16-26(28)30-2)34(20-10-6-5-7-11-20)25-17-27(29)31-18-21(25)23-13-9-15-33(23)4/h5-7,10-11,16-18,21-23,25H,1,8-9,12-15H2,2-4H3/b24-16+,30-26?/t21-,22+,23+,25?,34?/m1/s1. The van der Waals surface area contributed by atoms with E-state index >= 15 is 0 Å². The SMILES string of the molecule is C=C(/C(=C\C(Cl)=NC)P(c1ccccc1)C1C=C(Cl)N=C[C@@H]1[C@@H]1CCCN1C)[C@@H]1CCCN1C. The molecule has 3 heterocycles. The minimum atomic E-state index is -0.860. The van der Waals surface area contributed by atoms with Gasteiger partial charge in [-0.15, -0.1) is 0 Å². The van der Waals surface area contributed by atoms with Crippen molar-refractivity contribution < 1.29 is 0 Å². The molecule has 2 saturated heterocycles. The second-order valence-electron chi connectivity index (χ2n) is 9.47. The zero-order valence-corrected chi connectivity index (χ0v) is 22.8. The summed E-state index contributed by atoms with van der Waals surface area (Å²) in [6.45, 7) is 6.88. The molecular formula is C27H35Cl2N4P. The van der Waals surface area contributed by atoms with Gasteiger partial charge in [0.1, 0.15) is 10.3 Å². The van der Waals surface area contributed by atoms with Crippen LogP contribution in [0.15, 0.2) is 75.1 Å². The molecule has 7 heteroatoms. The average molecular weight is 517 g/mol. The van der Waals surface area contributed by atoms with Crippen LogP contribution in [-0.2, 0) is 0 Å². The third-order valence-electron chi connectivity index (χ3n) is 7.41. The molecule has 4 nitrogen and oxygen atoms in total. The van der Waals surface area contributed by atoms with Crippen LogP contribution in [0.1, 0.15) is 25.7 Å². The van der Waals surface area contributed by atoms with E-state index in [0.29, 0.717) is 22.4 Å². The number of allylic oxidation sites excluding steroid dienone is 2. The monoisotopic (exact) mass is 516 g/mol. The van der Waals surface area contributed by atoms with Gasteiger partial charge in [-0.2, -0.15) is 0 Å². The minimum Gasteiger partial charge on any atom is -0.303 e. The van der Waals surface area contributed by atoms with Crippen molar-refractivity contribution in [1.82, 2.24) is 9.80 Å². The number of halogens is 2. The summed E-state index contributed by atoms with van der Waals surface area (Å²) >= 11 is 13.2. The van der Waals surface area contributed by atoms with Crippen LogP contribution in [0.3, 0.4) is 0 Å². The first-order valence-corrected chi connectivity index (χ1v) is 14.3. The van der Waals surface area contributed by atoms with E-state index in [1.807, 2.05) is 0 Å². The van der Waals surface area contributed by atoms with Gasteiger partial charge >= 0.3 is 0 Å². The highest BCUT2D eigenvalue weighted by atomic mass is 35.5. The second-order valence-corrected chi connectivity index (χ2v) is 12.6. The van der Waals surface area contributed by atoms with Crippen molar-refractivity contribution in [3.05, 3.63) is 65.1 Å². The maximum Gasteiger partial charge on any atom is 0.125 e. The van der Waals surface area contributed by atoms with Crippen LogP contribution in [0.2, 0.25) is 0 Å². The summed E-state index contributed by atoms with van der Waals surface area (Å²) in [5.74, 6) is 0.274. The molecule has 182 valence electrons. The predicted molar refractivity (Wildman–Crippen MR) is 150 cm³/mol. The Bertz CT molecular complexity index is 1000. The highest BCUT2D eigenvalue weighted by molar-refractivity contribution is 7.71. The second kappa shape index (κ2) is 11.6. The molecule has 0 amide bonds. The van der Waals surface area contributed by atoms with Gasteiger partial charge in [0.05, 0.1) is 0 Å². The van der Waals surface area contributed by atoms with E-state index in [0.717, 1.165) is 25.1 Å². The Morgan fingerprint density at radius 3 is 2.47 bits per heavy atom. The van der Waals surface area contributed by atoms with Crippen LogP contribution < -0.4 is 5.30 Å². The van der Waals surface area contributed by atoms with Gasteiger partial charge in [-0.1, -0.05) is 60.1 Å². The summed E-state index contributed by atoms with van der Waals surface area (Å²) in [5.41, 5.74) is 1.35. The van der Waals surface area contributed by atoms with E-state index in [1.54, 1.807) is 7.05 Å². The van der Waals surface area contributed by atoms with Crippen LogP contribution in [-0.4, -0.2) is 73.2 Å². The van der Waals surface area contributed by atoms with Crippen LogP contribution in [0, 0.1) is 5.92 Å². The summed E-state index contributed by atoms with van der Waals surface area (Å²) in [6.07, 6.45) is 11.1. The molecular weight excluding hydrogens is 482 g/mol. The molecule has 0 radical (unpaired) electrons. The first-order valence-electron chi connectivity index (χ1n) is 12.1. The van der Waals surface area contributed by atoms with Gasteiger partial charge in [0.2, 0.25) is 0 Å². The van der Waals surface area contributed by atoms with Gasteiger partial charge in [-0.05, 0) is 89.1 Å². The lowest BCUT2D eigenvalue weighted by atomic mass is 9.93. The number of nitrogens with zero attached hydrogens (tertiary/aromatic N) is 4. The molecule has 0 bridgehead atoms. The van der Waals surface area contributed by atoms with E-state index in [1.165, 1.54) is 29.9 Å². The molecule has 2 unspecified atom stereocenters. The minimum absolute atomic E-state index is 0.198. The molecule has 3 aliphatic rings. The number of hydrogen-bond donors (Lipinski definition) is 0. The molecule has 0 aliphatic carbocycles. The van der Waals surface area contributed by atoms with Crippen LogP contribution >= 0.6 is 31.1 Å². The van der Waals surface area contributed by atoms with Gasteiger partial charge in [-0.25, -0.2) is 4.99 Å². The molecule has 1 aromatic rings. The Labute approximate surface area is 215 Å². The Kier molecular flexibility index (Phi) is 8.82. The van der Waals surface area contributed by atoms with Gasteiger partial charge in [-0.3, -0.25) is 9.89 Å². The summed E-state index contributed by atoms with van der Waals surface area (Å²) in [4.78, 5) is 13.8. The highest BCUT2D eigenvalue weighted by Gasteiger charge is 2.41. The Morgan fingerprint density at radius 2 is 1.85 bits per heavy atom. The largest absolute Gasteiger partial charge is 0.303 e. The van der Waals surface area contributed by atoms with Crippen molar-refractivity contribution in [2.45, 2.75) is 43.4 Å². The lowest BCUT2D eigenvalue weighted by Crippen LogP contribution is -2.41. The lowest BCUT2D eigenvalue weighted by molar-refractivity contribution is 0.270. The van der Waals surface area contributed by atoms with Crippen LogP contribution in [0.5, 0.6) is 0 Å². The van der Waals surface area contributed by atoms with Gasteiger partial charge < -0.3 is 4.90 Å². The fraction of sp³-hybridized carbons (Fsp3) is 0.481. The molecule has 3 aliphatic heterocycles. The molecule has 1 aromatic carbocycles. The predicted octanol–water partition coefficient (Wildman–Crippen LogP) is 5.84. The Hall–Kier alpha value is -1.29. The summed E-state index contributed by atoms with van der Waals surface area (Å²) in [6, 6.07) is 11.6. The van der Waals surface area contributed by atoms with Crippen molar-refractivity contribution in [3.63, 3.8) is 0 Å². The van der Waals surface area contributed by atoms with Crippen LogP contribution in [0.25, 0.3) is 0 Å². The third-order valence-corrected chi connectivity index (χ3v) is 10.8. The number of likely N-dealkylation sites (N-methyl/N-ethyl adjacent to an activating group) is 1. The average Bonchev–Trinajstić information content (AvgIpc) is 3.46. The number of likely N-dealkylation sites (tertiary alicyclic amines) is 2. The molecule has 5 atom stereocenters. The van der Waals surface area contributed by atoms with Crippen molar-refractivity contribution in [2.75, 3.05) is 34.2 Å². The highest BCUT2D eigenvalue weighted by Crippen LogP contribution is 2.57. The summed E-state index contributed by atoms with van der Waals surface area (Å²) < 4.78 is 0. The quantitative estimate of drug-likeness (QED) is 0.197. The van der Waals surface area contributed by atoms with E-state index in [4.69, 9.17) is 23.2 Å². The van der Waals surface area contributed by atoms with E-state index in [-0.39, 0.29) is 11.6 Å². The number of rotatable bonds is 7. The van der Waals surface area contributed by atoms with Gasteiger partial charge in [0.15, 0.2) is 0 Å². The van der Waals surface area contributed by atoms with Gasteiger partial charge in [0.25, 0.3) is 0 Å². The number of aliphatic imine (C=N–C) groups is 2. The number of hydrogen-bond acceptors (Lipinski definition) is 4. The maximum atomic E-state index is 6.59. The first-order chi connectivity index (χ1) is 16.4. The zero-order valence-electron chi connectivity index (χ0n) is 20.4. The topological polar surface area (TPSA) is 31.2 Å². The Balaban J connectivity index is 1.85. The molecule has 0 saturated carbocycles. The molecule has 0 aromatic heterocycles. The van der Waals surface area contributed by atoms with E-state index in [9.17, 15) is 0 Å². The first kappa shape index (κ1) is 25.8. The van der Waals surface area contributed by atoms with Crippen molar-refractivity contribution in [3.8, 4) is 0 Å². The molecule has 34 heavy (non-hydrogen) atoms.